The van der Waals surface area contributed by atoms with Gasteiger partial charge in [0.05, 0.1) is 24.9 Å². The molecule has 0 aliphatic carbocycles. The first-order valence-corrected chi connectivity index (χ1v) is 11.4. The van der Waals surface area contributed by atoms with E-state index in [-0.39, 0.29) is 0 Å². The zero-order valence-corrected chi connectivity index (χ0v) is 19.0. The van der Waals surface area contributed by atoms with Crippen molar-refractivity contribution < 1.29 is 4.74 Å². The van der Waals surface area contributed by atoms with Crippen LogP contribution in [-0.2, 0) is 17.7 Å². The van der Waals surface area contributed by atoms with Gasteiger partial charge in [0.2, 0.25) is 5.95 Å². The Morgan fingerprint density at radius 3 is 2.72 bits per heavy atom. The summed E-state index contributed by atoms with van der Waals surface area (Å²) in [6.45, 7) is 11.0. The van der Waals surface area contributed by atoms with E-state index in [0.717, 1.165) is 73.8 Å². The molecule has 0 unspecified atom stereocenters. The monoisotopic (exact) mass is 433 g/mol. The number of H-pyrrole nitrogens is 1. The fourth-order valence-corrected chi connectivity index (χ4v) is 4.45. The van der Waals surface area contributed by atoms with Crippen molar-refractivity contribution in [3.8, 4) is 11.4 Å². The smallest absolute Gasteiger partial charge is 0.204 e. The Balaban J connectivity index is 1.50. The molecular weight excluding hydrogens is 402 g/mol. The van der Waals surface area contributed by atoms with Crippen molar-refractivity contribution in [3.05, 3.63) is 47.9 Å². The number of hydrogen-bond donors (Lipinski definition) is 2. The van der Waals surface area contributed by atoms with E-state index in [1.54, 1.807) is 12.4 Å². The average Bonchev–Trinajstić information content (AvgIpc) is 3.32. The Morgan fingerprint density at radius 1 is 1.16 bits per heavy atom. The second-order valence-corrected chi connectivity index (χ2v) is 8.87. The van der Waals surface area contributed by atoms with E-state index < -0.39 is 0 Å². The molecule has 0 spiro atoms. The molecule has 2 N–H and O–H groups in total. The number of fused-ring (bicyclic) bond motifs is 1. The highest BCUT2D eigenvalue weighted by atomic mass is 16.5. The van der Waals surface area contributed by atoms with E-state index in [4.69, 9.17) is 14.7 Å². The number of rotatable bonds is 5. The number of nitrogens with zero attached hydrogens (tertiary/aromatic N) is 5. The molecule has 0 radical (unpaired) electrons. The summed E-state index contributed by atoms with van der Waals surface area (Å²) in [6, 6.07) is 9.03. The number of aromatic amines is 1. The molecule has 2 aliphatic heterocycles. The number of ether oxygens (including phenoxy) is 1. The molecule has 168 valence electrons. The maximum Gasteiger partial charge on any atom is 0.204 e. The Hall–Kier alpha value is -2.97. The van der Waals surface area contributed by atoms with Crippen LogP contribution in [0.5, 0.6) is 0 Å². The molecule has 2 aromatic heterocycles. The third-order valence-corrected chi connectivity index (χ3v) is 6.35. The van der Waals surface area contributed by atoms with Gasteiger partial charge in [-0.05, 0) is 51.5 Å². The van der Waals surface area contributed by atoms with Gasteiger partial charge in [-0.3, -0.25) is 4.90 Å². The van der Waals surface area contributed by atoms with Gasteiger partial charge in [-0.15, -0.1) is 0 Å². The molecule has 3 aromatic rings. The number of morpholine rings is 1. The first-order chi connectivity index (χ1) is 15.6. The molecule has 1 saturated heterocycles. The van der Waals surface area contributed by atoms with Gasteiger partial charge in [0.25, 0.3) is 0 Å². The fourth-order valence-electron chi connectivity index (χ4n) is 4.45. The van der Waals surface area contributed by atoms with E-state index in [1.165, 1.54) is 5.56 Å². The minimum Gasteiger partial charge on any atom is -0.377 e. The number of anilines is 3. The molecule has 8 nitrogen and oxygen atoms in total. The van der Waals surface area contributed by atoms with Crippen molar-refractivity contribution in [1.82, 2.24) is 24.8 Å². The highest BCUT2D eigenvalue weighted by molar-refractivity contribution is 5.65. The number of benzene rings is 1. The molecule has 0 bridgehead atoms. The molecule has 32 heavy (non-hydrogen) atoms. The topological polar surface area (TPSA) is 82.2 Å². The van der Waals surface area contributed by atoms with Crippen molar-refractivity contribution in [2.24, 2.45) is 0 Å². The van der Waals surface area contributed by atoms with Crippen LogP contribution in [0, 0.1) is 0 Å². The van der Waals surface area contributed by atoms with E-state index >= 15 is 0 Å². The van der Waals surface area contributed by atoms with Gasteiger partial charge < -0.3 is 19.9 Å². The van der Waals surface area contributed by atoms with Crippen LogP contribution >= 0.6 is 0 Å². The zero-order chi connectivity index (χ0) is 22.1. The lowest BCUT2D eigenvalue weighted by molar-refractivity contribution is 0.0983. The molecule has 8 heteroatoms. The second-order valence-electron chi connectivity index (χ2n) is 8.87. The first-order valence-electron chi connectivity index (χ1n) is 11.4. The normalized spacial score (nSPS) is 19.2. The Kier molecular flexibility index (Phi) is 5.80. The van der Waals surface area contributed by atoms with Gasteiger partial charge in [0.1, 0.15) is 5.82 Å². The summed E-state index contributed by atoms with van der Waals surface area (Å²) in [7, 11) is 0. The van der Waals surface area contributed by atoms with Crippen LogP contribution in [0.2, 0.25) is 0 Å². The summed E-state index contributed by atoms with van der Waals surface area (Å²) in [5, 5.41) is 3.26. The highest BCUT2D eigenvalue weighted by Crippen LogP contribution is 2.32. The minimum absolute atomic E-state index is 0.304. The van der Waals surface area contributed by atoms with Crippen molar-refractivity contribution >= 4 is 17.5 Å². The van der Waals surface area contributed by atoms with E-state index in [1.807, 2.05) is 12.1 Å². The van der Waals surface area contributed by atoms with Crippen molar-refractivity contribution in [1.29, 1.82) is 0 Å². The van der Waals surface area contributed by atoms with Crippen LogP contribution in [0.15, 0.2) is 36.7 Å². The van der Waals surface area contributed by atoms with Crippen molar-refractivity contribution in [3.63, 3.8) is 0 Å². The highest BCUT2D eigenvalue weighted by Gasteiger charge is 2.29. The number of nitrogens with one attached hydrogen (secondary N) is 2. The predicted molar refractivity (Wildman–Crippen MR) is 126 cm³/mol. The summed E-state index contributed by atoms with van der Waals surface area (Å²) in [5.41, 5.74) is 4.44. The number of hydrogen-bond acceptors (Lipinski definition) is 7. The van der Waals surface area contributed by atoms with Crippen LogP contribution < -0.4 is 10.2 Å². The Labute approximate surface area is 189 Å². The molecule has 0 saturated carbocycles. The van der Waals surface area contributed by atoms with Crippen molar-refractivity contribution in [2.45, 2.75) is 45.8 Å². The predicted octanol–water partition coefficient (Wildman–Crippen LogP) is 3.60. The van der Waals surface area contributed by atoms with Crippen LogP contribution in [0.3, 0.4) is 0 Å². The zero-order valence-electron chi connectivity index (χ0n) is 19.0. The molecule has 1 aromatic carbocycles. The van der Waals surface area contributed by atoms with Gasteiger partial charge in [-0.25, -0.2) is 15.0 Å². The quantitative estimate of drug-likeness (QED) is 0.636. The van der Waals surface area contributed by atoms with E-state index in [2.05, 4.69) is 58.0 Å². The van der Waals surface area contributed by atoms with Gasteiger partial charge in [-0.2, -0.15) is 0 Å². The lowest BCUT2D eigenvalue weighted by Gasteiger charge is -2.38. The Bertz CT molecular complexity index is 1050. The largest absolute Gasteiger partial charge is 0.377 e. The first kappa shape index (κ1) is 20.9. The lowest BCUT2D eigenvalue weighted by atomic mass is 10.0. The summed E-state index contributed by atoms with van der Waals surface area (Å²) >= 11 is 0. The van der Waals surface area contributed by atoms with Gasteiger partial charge in [0.15, 0.2) is 5.82 Å². The third-order valence-electron chi connectivity index (χ3n) is 6.35. The second kappa shape index (κ2) is 8.88. The van der Waals surface area contributed by atoms with Crippen LogP contribution in [0.1, 0.15) is 32.0 Å². The molecule has 0 amide bonds. The lowest BCUT2D eigenvalue weighted by Crippen LogP contribution is -2.45. The molecule has 1 fully saturated rings. The average molecular weight is 434 g/mol. The van der Waals surface area contributed by atoms with Crippen molar-refractivity contribution in [2.75, 3.05) is 36.5 Å². The summed E-state index contributed by atoms with van der Waals surface area (Å²) in [6.07, 6.45) is 4.51. The SMILES string of the molecule is CC(C)N1CCc2c(nc(-c3ccc(Nc4ncc[nH]4)cc3)nc2N2CCOC[C@@H]2C)C1. The summed E-state index contributed by atoms with van der Waals surface area (Å²) < 4.78 is 5.69. The minimum atomic E-state index is 0.304. The third kappa shape index (κ3) is 4.20. The van der Waals surface area contributed by atoms with E-state index in [0.29, 0.717) is 12.1 Å². The van der Waals surface area contributed by atoms with Gasteiger partial charge in [-0.1, -0.05) is 0 Å². The van der Waals surface area contributed by atoms with Crippen LogP contribution in [0.25, 0.3) is 11.4 Å². The molecule has 4 heterocycles. The van der Waals surface area contributed by atoms with Gasteiger partial charge in [0, 0.05) is 54.9 Å². The summed E-state index contributed by atoms with van der Waals surface area (Å²) in [5.74, 6) is 2.59. The number of aromatic nitrogens is 4. The van der Waals surface area contributed by atoms with E-state index in [9.17, 15) is 0 Å². The maximum absolute atomic E-state index is 5.69. The fraction of sp³-hybridized carbons (Fsp3) is 0.458. The molecule has 1 atom stereocenters. The summed E-state index contributed by atoms with van der Waals surface area (Å²) in [4.78, 5) is 22.3. The van der Waals surface area contributed by atoms with Crippen LogP contribution in [-0.4, -0.2) is 63.2 Å². The van der Waals surface area contributed by atoms with Gasteiger partial charge >= 0.3 is 0 Å². The molecule has 5 rings (SSSR count). The molecular formula is C24H31N7O. The number of imidazole rings is 1. The standard InChI is InChI=1S/C24H31N7O/c1-16(2)30-11-8-20-21(14-30)28-22(29-23(20)31-12-13-32-15-17(31)3)18-4-6-19(7-5-18)27-24-25-9-10-26-24/h4-7,9-10,16-17H,8,11-15H2,1-3H3,(H2,25,26,27)/t17-/m0/s1. The van der Waals surface area contributed by atoms with Crippen LogP contribution in [0.4, 0.5) is 17.5 Å². The molecule has 2 aliphatic rings. The Morgan fingerprint density at radius 2 is 2.00 bits per heavy atom. The maximum atomic E-state index is 5.69.